The second-order valence-electron chi connectivity index (χ2n) is 5.72. The quantitative estimate of drug-likeness (QED) is 0.580. The van der Waals surface area contributed by atoms with Crippen molar-refractivity contribution in [1.29, 1.82) is 0 Å². The second kappa shape index (κ2) is 12.0. The molecule has 0 aliphatic heterocycles. The molecule has 1 atom stereocenters. The van der Waals surface area contributed by atoms with Crippen LogP contribution >= 0.6 is 11.6 Å². The van der Waals surface area contributed by atoms with Crippen molar-refractivity contribution >= 4 is 23.1 Å². The predicted octanol–water partition coefficient (Wildman–Crippen LogP) is 4.69. The van der Waals surface area contributed by atoms with E-state index < -0.39 is 11.5 Å². The maximum Gasteiger partial charge on any atom is 0.404 e. The summed E-state index contributed by atoms with van der Waals surface area (Å²) in [5, 5.41) is 0. The van der Waals surface area contributed by atoms with Gasteiger partial charge in [-0.15, -0.1) is 0 Å². The normalized spacial score (nSPS) is 19.9. The van der Waals surface area contributed by atoms with Crippen molar-refractivity contribution in [3.8, 4) is 0 Å². The second-order valence-corrected chi connectivity index (χ2v) is 6.03. The van der Waals surface area contributed by atoms with Gasteiger partial charge in [0.15, 0.2) is 0 Å². The Bertz CT molecular complexity index is 434. The molecule has 0 aromatic carbocycles. The minimum absolute atomic E-state index is 0.432. The van der Waals surface area contributed by atoms with E-state index in [0.717, 1.165) is 32.1 Å². The molecule has 2 aliphatic carbocycles. The van der Waals surface area contributed by atoms with Crippen LogP contribution in [0.5, 0.6) is 0 Å². The van der Waals surface area contributed by atoms with Crippen LogP contribution in [-0.2, 0) is 9.47 Å². The van der Waals surface area contributed by atoms with Crippen LogP contribution in [-0.4, -0.2) is 24.7 Å². The lowest BCUT2D eigenvalue weighted by Gasteiger charge is -2.15. The lowest BCUT2D eigenvalue weighted by molar-refractivity contribution is 0.148. The van der Waals surface area contributed by atoms with Gasteiger partial charge in [-0.2, -0.15) is 0 Å². The molecule has 0 saturated carbocycles. The third-order valence-electron chi connectivity index (χ3n) is 3.86. The van der Waals surface area contributed by atoms with Crippen LogP contribution < -0.4 is 5.73 Å². The molecule has 0 heterocycles. The number of allylic oxidation sites excluding steroid dienone is 3. The molecule has 1 unspecified atom stereocenters. The fourth-order valence-corrected chi connectivity index (χ4v) is 2.67. The summed E-state index contributed by atoms with van der Waals surface area (Å²) in [7, 11) is 0. The van der Waals surface area contributed by atoms with Gasteiger partial charge in [0, 0.05) is 18.0 Å². The summed E-state index contributed by atoms with van der Waals surface area (Å²) in [6.45, 7) is 0.897. The lowest BCUT2D eigenvalue weighted by atomic mass is 9.95. The summed E-state index contributed by atoms with van der Waals surface area (Å²) in [4.78, 5) is 20.4. The zero-order chi connectivity index (χ0) is 16.9. The number of ether oxygens (including phenoxy) is 2. The Morgan fingerprint density at radius 2 is 2.04 bits per heavy atom. The molecule has 5 nitrogen and oxygen atoms in total. The highest BCUT2D eigenvalue weighted by Gasteiger charge is 2.11. The maximum absolute atomic E-state index is 10.2. The van der Waals surface area contributed by atoms with E-state index in [1.165, 1.54) is 24.8 Å². The number of rotatable bonds is 5. The van der Waals surface area contributed by atoms with Crippen LogP contribution in [0.25, 0.3) is 0 Å². The average molecular weight is 344 g/mol. The Balaban J connectivity index is 0.000000231. The first-order chi connectivity index (χ1) is 11.1. The Morgan fingerprint density at radius 1 is 1.22 bits per heavy atom. The molecule has 2 aliphatic rings. The summed E-state index contributed by atoms with van der Waals surface area (Å²) in [6, 6.07) is 0. The van der Waals surface area contributed by atoms with E-state index in [1.54, 1.807) is 0 Å². The molecule has 0 aromatic heterocycles. The number of primary amides is 1. The van der Waals surface area contributed by atoms with E-state index in [2.05, 4.69) is 27.7 Å². The van der Waals surface area contributed by atoms with Crippen molar-refractivity contribution in [3.63, 3.8) is 0 Å². The van der Waals surface area contributed by atoms with Crippen LogP contribution in [0.15, 0.2) is 23.8 Å². The van der Waals surface area contributed by atoms with E-state index in [-0.39, 0.29) is 0 Å². The number of carbonyl (C=O) groups excluding carboxylic acids is 2. The van der Waals surface area contributed by atoms with Crippen molar-refractivity contribution in [3.05, 3.63) is 23.8 Å². The van der Waals surface area contributed by atoms with Crippen LogP contribution in [0, 0.1) is 5.92 Å². The molecular weight excluding hydrogens is 318 g/mol. The maximum atomic E-state index is 10.2. The highest BCUT2D eigenvalue weighted by Crippen LogP contribution is 2.20. The molecule has 6 heteroatoms. The van der Waals surface area contributed by atoms with Crippen molar-refractivity contribution in [2.45, 2.75) is 51.4 Å². The van der Waals surface area contributed by atoms with E-state index in [0.29, 0.717) is 19.1 Å². The van der Waals surface area contributed by atoms with Crippen LogP contribution in [0.4, 0.5) is 9.59 Å². The fraction of sp³-hybridized carbons (Fsp3) is 0.647. The van der Waals surface area contributed by atoms with Crippen molar-refractivity contribution < 1.29 is 19.1 Å². The summed E-state index contributed by atoms with van der Waals surface area (Å²) in [5.74, 6) is 0.475. The zero-order valence-corrected chi connectivity index (χ0v) is 14.2. The number of nitrogens with two attached hydrogens (primary N) is 1. The zero-order valence-electron chi connectivity index (χ0n) is 13.5. The van der Waals surface area contributed by atoms with Crippen molar-refractivity contribution in [1.82, 2.24) is 0 Å². The largest absolute Gasteiger partial charge is 0.453 e. The topological polar surface area (TPSA) is 78.6 Å². The molecule has 1 amide bonds. The van der Waals surface area contributed by atoms with Gasteiger partial charge in [0.05, 0.1) is 13.2 Å². The highest BCUT2D eigenvalue weighted by atomic mass is 35.5. The first-order valence-corrected chi connectivity index (χ1v) is 8.53. The van der Waals surface area contributed by atoms with Gasteiger partial charge in [0.25, 0.3) is 0 Å². The molecule has 0 radical (unpaired) electrons. The molecule has 0 saturated heterocycles. The third kappa shape index (κ3) is 10.8. The molecule has 130 valence electrons. The van der Waals surface area contributed by atoms with Gasteiger partial charge >= 0.3 is 11.5 Å². The van der Waals surface area contributed by atoms with Gasteiger partial charge in [-0.3, -0.25) is 0 Å². The first kappa shape index (κ1) is 19.6. The monoisotopic (exact) mass is 343 g/mol. The molecule has 0 aromatic rings. The Kier molecular flexibility index (Phi) is 10.2. The number of hydrogen-bond donors (Lipinski definition) is 1. The lowest BCUT2D eigenvalue weighted by Crippen LogP contribution is -2.14. The Morgan fingerprint density at radius 3 is 2.61 bits per heavy atom. The van der Waals surface area contributed by atoms with Gasteiger partial charge < -0.3 is 15.2 Å². The van der Waals surface area contributed by atoms with Gasteiger partial charge in [-0.05, 0) is 50.9 Å². The van der Waals surface area contributed by atoms with E-state index in [1.807, 2.05) is 0 Å². The van der Waals surface area contributed by atoms with Crippen LogP contribution in [0.3, 0.4) is 0 Å². The molecule has 2 rings (SSSR count). The standard InChI is InChI=1S/C9H15NO2.C8H11ClO2/c10-9(11)12-7-6-8-4-2-1-3-5-8;9-8(10)11-6-7-4-2-1-3-5-7/h4H,1-3,5-7H2,(H2,10,11);1-2,7H,3-6H2. The van der Waals surface area contributed by atoms with Crippen molar-refractivity contribution in [2.75, 3.05) is 13.2 Å². The number of hydrogen-bond acceptors (Lipinski definition) is 4. The van der Waals surface area contributed by atoms with Crippen molar-refractivity contribution in [2.24, 2.45) is 11.7 Å². The number of halogens is 1. The summed E-state index contributed by atoms with van der Waals surface area (Å²) in [5.41, 5.74) is 5.54. The fourth-order valence-electron chi connectivity index (χ4n) is 2.61. The molecule has 0 spiro atoms. The van der Waals surface area contributed by atoms with Crippen LogP contribution in [0.1, 0.15) is 51.4 Å². The highest BCUT2D eigenvalue weighted by molar-refractivity contribution is 6.61. The van der Waals surface area contributed by atoms with E-state index in [9.17, 15) is 9.59 Å². The molecule has 23 heavy (non-hydrogen) atoms. The minimum Gasteiger partial charge on any atom is -0.453 e. The van der Waals surface area contributed by atoms with Gasteiger partial charge in [-0.25, -0.2) is 9.59 Å². The summed E-state index contributed by atoms with van der Waals surface area (Å²) in [6.07, 6.45) is 14.8. The third-order valence-corrected chi connectivity index (χ3v) is 3.97. The minimum atomic E-state index is -0.695. The van der Waals surface area contributed by atoms with Crippen LogP contribution in [0.2, 0.25) is 0 Å². The SMILES string of the molecule is NC(=O)OCCC1=CCCCC1.O=C(Cl)OCC1CC=CCC1. The van der Waals surface area contributed by atoms with Gasteiger partial charge in [-0.1, -0.05) is 23.8 Å². The molecule has 0 fully saturated rings. The molecular formula is C17H26ClNO4. The predicted molar refractivity (Wildman–Crippen MR) is 90.4 cm³/mol. The number of carbonyl (C=O) groups is 2. The summed E-state index contributed by atoms with van der Waals surface area (Å²) >= 11 is 5.02. The summed E-state index contributed by atoms with van der Waals surface area (Å²) < 4.78 is 9.32. The van der Waals surface area contributed by atoms with Gasteiger partial charge in [0.2, 0.25) is 0 Å². The van der Waals surface area contributed by atoms with Gasteiger partial charge in [0.1, 0.15) is 0 Å². The smallest absolute Gasteiger partial charge is 0.404 e. The Hall–Kier alpha value is -1.49. The number of amides is 1. The average Bonchev–Trinajstić information content (AvgIpc) is 2.55. The van der Waals surface area contributed by atoms with E-state index in [4.69, 9.17) is 17.3 Å². The first-order valence-electron chi connectivity index (χ1n) is 8.15. The Labute approximate surface area is 142 Å². The molecule has 0 bridgehead atoms. The molecule has 2 N–H and O–H groups in total. The van der Waals surface area contributed by atoms with E-state index >= 15 is 0 Å².